The lowest BCUT2D eigenvalue weighted by Crippen LogP contribution is -2.31. The van der Waals surface area contributed by atoms with Gasteiger partial charge in [0.1, 0.15) is 6.54 Å². The molecule has 0 saturated heterocycles. The number of anilines is 1. The van der Waals surface area contributed by atoms with E-state index in [1.54, 1.807) is 0 Å². The quantitative estimate of drug-likeness (QED) is 0.862. The Morgan fingerprint density at radius 2 is 2.00 bits per heavy atom. The van der Waals surface area contributed by atoms with Crippen molar-refractivity contribution in [3.63, 3.8) is 0 Å². The average molecular weight is 252 g/mol. The van der Waals surface area contributed by atoms with Crippen LogP contribution in [0.4, 0.5) is 19.2 Å². The summed E-state index contributed by atoms with van der Waals surface area (Å²) >= 11 is 0. The van der Waals surface area contributed by atoms with Crippen molar-refractivity contribution in [2.24, 2.45) is 0 Å². The van der Waals surface area contributed by atoms with E-state index in [1.165, 1.54) is 7.05 Å². The molecule has 1 N–H and O–H groups in total. The highest BCUT2D eigenvalue weighted by molar-refractivity contribution is 5.22. The molecule has 0 radical (unpaired) electrons. The smallest absolute Gasteiger partial charge is 0.406 e. The Kier molecular flexibility index (Phi) is 4.33. The molecule has 8 heteroatoms. The molecule has 0 saturated carbocycles. The zero-order valence-electron chi connectivity index (χ0n) is 9.88. The van der Waals surface area contributed by atoms with Crippen LogP contribution < -0.4 is 10.2 Å². The van der Waals surface area contributed by atoms with Crippen molar-refractivity contribution in [1.29, 1.82) is 0 Å². The van der Waals surface area contributed by atoms with Crippen LogP contribution in [-0.2, 0) is 6.54 Å². The molecular weight excluding hydrogens is 237 g/mol. The predicted molar refractivity (Wildman–Crippen MR) is 55.6 cm³/mol. The molecule has 0 aliphatic heterocycles. The summed E-state index contributed by atoms with van der Waals surface area (Å²) in [5.41, 5.74) is 0. The summed E-state index contributed by atoms with van der Waals surface area (Å²) in [7, 11) is 1.25. The van der Waals surface area contributed by atoms with E-state index in [0.29, 0.717) is 6.54 Å². The number of alkyl halides is 3. The van der Waals surface area contributed by atoms with E-state index in [1.807, 2.05) is 13.8 Å². The third-order valence-electron chi connectivity index (χ3n) is 1.86. The monoisotopic (exact) mass is 252 g/mol. The molecule has 1 aromatic heterocycles. The summed E-state index contributed by atoms with van der Waals surface area (Å²) < 4.78 is 41.4. The van der Waals surface area contributed by atoms with Gasteiger partial charge in [0.2, 0.25) is 5.89 Å². The fourth-order valence-electron chi connectivity index (χ4n) is 1.10. The van der Waals surface area contributed by atoms with Crippen molar-refractivity contribution in [2.45, 2.75) is 32.6 Å². The summed E-state index contributed by atoms with van der Waals surface area (Å²) in [6.07, 6.45) is -4.29. The first kappa shape index (κ1) is 13.8. The second-order valence-corrected chi connectivity index (χ2v) is 3.99. The van der Waals surface area contributed by atoms with Crippen LogP contribution >= 0.6 is 0 Å². The Balaban J connectivity index is 2.55. The lowest BCUT2D eigenvalue weighted by molar-refractivity contribution is -0.119. The number of rotatable bonds is 5. The maximum atomic E-state index is 12.1. The van der Waals surface area contributed by atoms with Crippen LogP contribution in [0.3, 0.4) is 0 Å². The van der Waals surface area contributed by atoms with E-state index in [-0.39, 0.29) is 17.9 Å². The number of halogens is 3. The minimum Gasteiger partial charge on any atom is -0.407 e. The van der Waals surface area contributed by atoms with E-state index in [2.05, 4.69) is 15.5 Å². The molecule has 0 aliphatic carbocycles. The molecule has 1 aromatic rings. The summed E-state index contributed by atoms with van der Waals surface area (Å²) in [5, 5.41) is 10.2. The normalized spacial score (nSPS) is 12.2. The van der Waals surface area contributed by atoms with E-state index in [9.17, 15) is 13.2 Å². The molecule has 0 amide bonds. The summed E-state index contributed by atoms with van der Waals surface area (Å²) in [6, 6.07) is 0.0983. The molecule has 0 atom stereocenters. The molecule has 1 rings (SSSR count). The largest absolute Gasteiger partial charge is 0.407 e. The summed E-state index contributed by atoms with van der Waals surface area (Å²) in [4.78, 5) is 0.867. The van der Waals surface area contributed by atoms with Gasteiger partial charge in [0, 0.05) is 13.1 Å². The van der Waals surface area contributed by atoms with Gasteiger partial charge in [-0.05, 0) is 0 Å². The Bertz CT molecular complexity index is 350. The molecule has 0 unspecified atom stereocenters. The molecule has 0 fully saturated rings. The van der Waals surface area contributed by atoms with E-state index >= 15 is 0 Å². The number of nitrogens with zero attached hydrogens (tertiary/aromatic N) is 3. The van der Waals surface area contributed by atoms with Gasteiger partial charge in [-0.3, -0.25) is 0 Å². The van der Waals surface area contributed by atoms with E-state index < -0.39 is 12.7 Å². The zero-order valence-corrected chi connectivity index (χ0v) is 9.88. The zero-order chi connectivity index (χ0) is 13.1. The fraction of sp³-hybridized carbons (Fsp3) is 0.778. The molecule has 0 spiro atoms. The standard InChI is InChI=1S/C9H15F3N4O/c1-6(2)13-4-7-14-15-8(17-7)16(3)5-9(10,11)12/h6,13H,4-5H2,1-3H3. The average Bonchev–Trinajstić information content (AvgIpc) is 2.60. The van der Waals surface area contributed by atoms with E-state index in [0.717, 1.165) is 4.90 Å². The van der Waals surface area contributed by atoms with Crippen LogP contribution in [0.1, 0.15) is 19.7 Å². The van der Waals surface area contributed by atoms with Crippen molar-refractivity contribution in [1.82, 2.24) is 15.5 Å². The lowest BCUT2D eigenvalue weighted by Gasteiger charge is -2.15. The number of nitrogens with one attached hydrogen (secondary N) is 1. The first-order chi connectivity index (χ1) is 7.78. The third-order valence-corrected chi connectivity index (χ3v) is 1.86. The van der Waals surface area contributed by atoms with Crippen LogP contribution in [0.2, 0.25) is 0 Å². The van der Waals surface area contributed by atoms with Gasteiger partial charge in [-0.1, -0.05) is 18.9 Å². The first-order valence-electron chi connectivity index (χ1n) is 5.11. The van der Waals surface area contributed by atoms with Crippen molar-refractivity contribution in [3.05, 3.63) is 5.89 Å². The molecule has 17 heavy (non-hydrogen) atoms. The number of aromatic nitrogens is 2. The fourth-order valence-corrected chi connectivity index (χ4v) is 1.10. The Morgan fingerprint density at radius 1 is 1.35 bits per heavy atom. The van der Waals surface area contributed by atoms with Crippen LogP contribution in [0.25, 0.3) is 0 Å². The molecular formula is C9H15F3N4O. The topological polar surface area (TPSA) is 54.2 Å². The molecule has 0 aromatic carbocycles. The first-order valence-corrected chi connectivity index (χ1v) is 5.11. The number of hydrogen-bond acceptors (Lipinski definition) is 5. The molecule has 0 aliphatic rings. The van der Waals surface area contributed by atoms with Gasteiger partial charge in [-0.2, -0.15) is 13.2 Å². The Hall–Kier alpha value is -1.31. The highest BCUT2D eigenvalue weighted by Gasteiger charge is 2.31. The van der Waals surface area contributed by atoms with Crippen LogP contribution in [0, 0.1) is 0 Å². The summed E-state index contributed by atoms with van der Waals surface area (Å²) in [5.74, 6) is 0.266. The van der Waals surface area contributed by atoms with Crippen molar-refractivity contribution >= 4 is 6.01 Å². The van der Waals surface area contributed by atoms with Crippen molar-refractivity contribution in [3.8, 4) is 0 Å². The second kappa shape index (κ2) is 5.35. The van der Waals surface area contributed by atoms with Gasteiger partial charge in [-0.25, -0.2) is 0 Å². The highest BCUT2D eigenvalue weighted by atomic mass is 19.4. The van der Waals surface area contributed by atoms with Crippen LogP contribution in [-0.4, -0.2) is 36.0 Å². The highest BCUT2D eigenvalue weighted by Crippen LogP contribution is 2.19. The molecule has 0 bridgehead atoms. The third kappa shape index (κ3) is 5.03. The van der Waals surface area contributed by atoms with Crippen LogP contribution in [0.15, 0.2) is 4.42 Å². The minimum absolute atomic E-state index is 0.136. The SMILES string of the molecule is CC(C)NCc1nnc(N(C)CC(F)(F)F)o1. The van der Waals surface area contributed by atoms with Gasteiger partial charge in [0.05, 0.1) is 6.54 Å². The van der Waals surface area contributed by atoms with Gasteiger partial charge in [0.15, 0.2) is 0 Å². The minimum atomic E-state index is -4.29. The Morgan fingerprint density at radius 3 is 2.53 bits per heavy atom. The second-order valence-electron chi connectivity index (χ2n) is 3.99. The van der Waals surface area contributed by atoms with Crippen molar-refractivity contribution < 1.29 is 17.6 Å². The van der Waals surface area contributed by atoms with Crippen LogP contribution in [0.5, 0.6) is 0 Å². The lowest BCUT2D eigenvalue weighted by atomic mass is 10.4. The Labute approximate surface area is 97.0 Å². The van der Waals surface area contributed by atoms with E-state index in [4.69, 9.17) is 4.42 Å². The van der Waals surface area contributed by atoms with Gasteiger partial charge >= 0.3 is 12.2 Å². The maximum Gasteiger partial charge on any atom is 0.406 e. The van der Waals surface area contributed by atoms with Gasteiger partial charge in [0.25, 0.3) is 0 Å². The maximum absolute atomic E-state index is 12.1. The molecule has 5 nitrogen and oxygen atoms in total. The van der Waals surface area contributed by atoms with Gasteiger partial charge < -0.3 is 14.6 Å². The molecule has 1 heterocycles. The summed E-state index contributed by atoms with van der Waals surface area (Å²) in [6.45, 7) is 3.09. The molecule has 98 valence electrons. The number of hydrogen-bond donors (Lipinski definition) is 1. The van der Waals surface area contributed by atoms with Crippen molar-refractivity contribution in [2.75, 3.05) is 18.5 Å². The van der Waals surface area contributed by atoms with Gasteiger partial charge in [-0.15, -0.1) is 5.10 Å². The predicted octanol–water partition coefficient (Wildman–Crippen LogP) is 1.57.